The zero-order valence-corrected chi connectivity index (χ0v) is 9.93. The number of rotatable bonds is 4. The zero-order chi connectivity index (χ0) is 11.6. The first-order chi connectivity index (χ1) is 7.61. The van der Waals surface area contributed by atoms with Gasteiger partial charge in [-0.15, -0.1) is 5.10 Å². The van der Waals surface area contributed by atoms with Gasteiger partial charge in [-0.25, -0.2) is 4.68 Å². The lowest BCUT2D eigenvalue weighted by molar-refractivity contribution is 0.0673. The molecule has 1 atom stereocenters. The first-order valence-electron chi connectivity index (χ1n) is 5.80. The van der Waals surface area contributed by atoms with Gasteiger partial charge in [0, 0.05) is 19.6 Å². The summed E-state index contributed by atoms with van der Waals surface area (Å²) >= 11 is 0. The van der Waals surface area contributed by atoms with E-state index in [9.17, 15) is 5.11 Å². The third-order valence-electron chi connectivity index (χ3n) is 2.94. The highest BCUT2D eigenvalue weighted by atomic mass is 16.3. The van der Waals surface area contributed by atoms with Crippen LogP contribution in [0.2, 0.25) is 0 Å². The maximum Gasteiger partial charge on any atom is 0.165 e. The maximum absolute atomic E-state index is 9.87. The lowest BCUT2D eigenvalue weighted by Gasteiger charge is -2.18. The molecule has 6 heteroatoms. The fourth-order valence-electron chi connectivity index (χ4n) is 2.10. The first-order valence-corrected chi connectivity index (χ1v) is 5.80. The van der Waals surface area contributed by atoms with E-state index in [1.165, 1.54) is 0 Å². The van der Waals surface area contributed by atoms with Crippen LogP contribution in [0.25, 0.3) is 0 Å². The Morgan fingerprint density at radius 2 is 2.31 bits per heavy atom. The number of hydrogen-bond acceptors (Lipinski definition) is 5. The number of tetrazole rings is 1. The van der Waals surface area contributed by atoms with Crippen molar-refractivity contribution >= 4 is 0 Å². The van der Waals surface area contributed by atoms with E-state index in [2.05, 4.69) is 27.3 Å². The molecule has 1 N–H and O–H groups in total. The predicted molar refractivity (Wildman–Crippen MR) is 58.6 cm³/mol. The smallest absolute Gasteiger partial charge is 0.165 e. The normalized spacial score (nSPS) is 26.4. The molecule has 16 heavy (non-hydrogen) atoms. The SMILES string of the molecule is CCCn1nnnc1CN1CCC(C)(O)C1. The average molecular weight is 225 g/mol. The summed E-state index contributed by atoms with van der Waals surface area (Å²) in [6, 6.07) is 0. The van der Waals surface area contributed by atoms with Crippen molar-refractivity contribution < 1.29 is 5.11 Å². The van der Waals surface area contributed by atoms with Gasteiger partial charge in [-0.05, 0) is 30.2 Å². The van der Waals surface area contributed by atoms with E-state index >= 15 is 0 Å². The van der Waals surface area contributed by atoms with Crippen LogP contribution < -0.4 is 0 Å². The number of β-amino-alcohol motifs (C(OH)–C–C–N with tert-alkyl or cyclic N) is 1. The largest absolute Gasteiger partial charge is 0.389 e. The molecule has 2 heterocycles. The Bertz CT molecular complexity index is 349. The van der Waals surface area contributed by atoms with Crippen LogP contribution >= 0.6 is 0 Å². The topological polar surface area (TPSA) is 67.1 Å². The van der Waals surface area contributed by atoms with Crippen molar-refractivity contribution in [3.63, 3.8) is 0 Å². The van der Waals surface area contributed by atoms with Crippen molar-refractivity contribution in [2.24, 2.45) is 0 Å². The highest BCUT2D eigenvalue weighted by molar-refractivity contribution is 4.90. The van der Waals surface area contributed by atoms with Crippen LogP contribution in [-0.4, -0.2) is 48.9 Å². The van der Waals surface area contributed by atoms with Gasteiger partial charge in [0.1, 0.15) is 0 Å². The Balaban J connectivity index is 1.96. The van der Waals surface area contributed by atoms with Crippen LogP contribution in [0.5, 0.6) is 0 Å². The zero-order valence-electron chi connectivity index (χ0n) is 9.93. The Morgan fingerprint density at radius 3 is 2.94 bits per heavy atom. The molecule has 0 spiro atoms. The average Bonchev–Trinajstić information content (AvgIpc) is 2.76. The highest BCUT2D eigenvalue weighted by Gasteiger charge is 2.31. The van der Waals surface area contributed by atoms with Crippen molar-refractivity contribution in [1.82, 2.24) is 25.1 Å². The summed E-state index contributed by atoms with van der Waals surface area (Å²) in [5, 5.41) is 21.5. The molecule has 90 valence electrons. The third kappa shape index (κ3) is 2.56. The molecular formula is C10H19N5O. The molecule has 0 radical (unpaired) electrons. The molecule has 0 saturated carbocycles. The summed E-state index contributed by atoms with van der Waals surface area (Å²) in [5.41, 5.74) is -0.553. The Hall–Kier alpha value is -1.01. The number of hydrogen-bond donors (Lipinski definition) is 1. The molecule has 1 unspecified atom stereocenters. The number of aromatic nitrogens is 4. The second-order valence-electron chi connectivity index (χ2n) is 4.78. The summed E-state index contributed by atoms with van der Waals surface area (Å²) in [5.74, 6) is 0.888. The standard InChI is InChI=1S/C10H19N5O/c1-3-5-15-9(11-12-13-15)7-14-6-4-10(2,16)8-14/h16H,3-8H2,1-2H3. The molecular weight excluding hydrogens is 206 g/mol. The van der Waals surface area contributed by atoms with Crippen LogP contribution in [0.3, 0.4) is 0 Å². The van der Waals surface area contributed by atoms with Gasteiger partial charge in [0.05, 0.1) is 12.1 Å². The fraction of sp³-hybridized carbons (Fsp3) is 0.900. The summed E-state index contributed by atoms with van der Waals surface area (Å²) < 4.78 is 1.84. The Kier molecular flexibility index (Phi) is 3.20. The number of aryl methyl sites for hydroxylation is 1. The van der Waals surface area contributed by atoms with E-state index < -0.39 is 5.60 Å². The van der Waals surface area contributed by atoms with Gasteiger partial charge in [0.15, 0.2) is 5.82 Å². The van der Waals surface area contributed by atoms with E-state index in [1.807, 2.05) is 11.6 Å². The molecule has 0 amide bonds. The van der Waals surface area contributed by atoms with Gasteiger partial charge < -0.3 is 5.11 Å². The van der Waals surface area contributed by atoms with Crippen molar-refractivity contribution in [2.45, 2.75) is 45.4 Å². The molecule has 1 aromatic rings. The molecule has 1 aliphatic rings. The molecule has 6 nitrogen and oxygen atoms in total. The van der Waals surface area contributed by atoms with E-state index in [1.54, 1.807) is 0 Å². The minimum absolute atomic E-state index is 0.553. The summed E-state index contributed by atoms with van der Waals surface area (Å²) in [6.07, 6.45) is 1.85. The molecule has 1 aliphatic heterocycles. The molecule has 0 bridgehead atoms. The monoisotopic (exact) mass is 225 g/mol. The van der Waals surface area contributed by atoms with Gasteiger partial charge in [-0.3, -0.25) is 4.90 Å². The second-order valence-corrected chi connectivity index (χ2v) is 4.78. The van der Waals surface area contributed by atoms with Gasteiger partial charge in [0.2, 0.25) is 0 Å². The summed E-state index contributed by atoms with van der Waals surface area (Å²) in [4.78, 5) is 2.19. The van der Waals surface area contributed by atoms with Crippen molar-refractivity contribution in [2.75, 3.05) is 13.1 Å². The molecule has 1 fully saturated rings. The fourth-order valence-corrected chi connectivity index (χ4v) is 2.10. The summed E-state index contributed by atoms with van der Waals surface area (Å²) in [6.45, 7) is 7.17. The maximum atomic E-state index is 9.87. The number of nitrogens with zero attached hydrogens (tertiary/aromatic N) is 5. The van der Waals surface area contributed by atoms with E-state index in [4.69, 9.17) is 0 Å². The third-order valence-corrected chi connectivity index (χ3v) is 2.94. The van der Waals surface area contributed by atoms with Crippen LogP contribution in [0.15, 0.2) is 0 Å². The quantitative estimate of drug-likeness (QED) is 0.783. The number of aliphatic hydroxyl groups is 1. The van der Waals surface area contributed by atoms with Gasteiger partial charge in [-0.1, -0.05) is 6.92 Å². The van der Waals surface area contributed by atoms with Gasteiger partial charge in [-0.2, -0.15) is 0 Å². The van der Waals surface area contributed by atoms with Crippen molar-refractivity contribution in [3.05, 3.63) is 5.82 Å². The van der Waals surface area contributed by atoms with E-state index in [0.717, 1.165) is 38.3 Å². The minimum Gasteiger partial charge on any atom is -0.389 e. The minimum atomic E-state index is -0.553. The van der Waals surface area contributed by atoms with Crippen molar-refractivity contribution in [3.8, 4) is 0 Å². The molecule has 1 aromatic heterocycles. The van der Waals surface area contributed by atoms with Gasteiger partial charge >= 0.3 is 0 Å². The second kappa shape index (κ2) is 4.47. The lowest BCUT2D eigenvalue weighted by atomic mass is 10.1. The first kappa shape index (κ1) is 11.5. The van der Waals surface area contributed by atoms with Crippen LogP contribution in [0.4, 0.5) is 0 Å². The predicted octanol–water partition coefficient (Wildman–Crippen LogP) is 0.0398. The highest BCUT2D eigenvalue weighted by Crippen LogP contribution is 2.21. The van der Waals surface area contributed by atoms with Crippen LogP contribution in [0.1, 0.15) is 32.5 Å². The molecule has 1 saturated heterocycles. The van der Waals surface area contributed by atoms with Crippen LogP contribution in [0, 0.1) is 0 Å². The van der Waals surface area contributed by atoms with E-state index in [0.29, 0.717) is 6.54 Å². The van der Waals surface area contributed by atoms with E-state index in [-0.39, 0.29) is 0 Å². The van der Waals surface area contributed by atoms with Crippen molar-refractivity contribution in [1.29, 1.82) is 0 Å². The molecule has 2 rings (SSSR count). The Labute approximate surface area is 95.2 Å². The lowest BCUT2D eigenvalue weighted by Crippen LogP contribution is -2.30. The summed E-state index contributed by atoms with van der Waals surface area (Å²) in [7, 11) is 0. The molecule has 0 aromatic carbocycles. The van der Waals surface area contributed by atoms with Crippen LogP contribution in [-0.2, 0) is 13.1 Å². The van der Waals surface area contributed by atoms with Gasteiger partial charge in [0.25, 0.3) is 0 Å². The Morgan fingerprint density at radius 1 is 1.50 bits per heavy atom. The number of likely N-dealkylation sites (tertiary alicyclic amines) is 1. The molecule has 0 aliphatic carbocycles.